The zero-order valence-corrected chi connectivity index (χ0v) is 15.9. The lowest BCUT2D eigenvalue weighted by atomic mass is 10.1. The highest BCUT2D eigenvalue weighted by atomic mass is 16.5. The number of anilines is 4. The molecule has 0 heterocycles. The Labute approximate surface area is 165 Å². The van der Waals surface area contributed by atoms with Crippen molar-refractivity contribution in [1.29, 1.82) is 0 Å². The Morgan fingerprint density at radius 2 is 0.964 bits per heavy atom. The second kappa shape index (κ2) is 7.92. The SMILES string of the molecule is COc1ccc(Nc2cc(Nc3ccc(OC)cc3)c3cccccc2-3)cc1. The van der Waals surface area contributed by atoms with Gasteiger partial charge in [-0.1, -0.05) is 30.3 Å². The van der Waals surface area contributed by atoms with Crippen molar-refractivity contribution in [1.82, 2.24) is 0 Å². The van der Waals surface area contributed by atoms with E-state index in [1.807, 2.05) is 54.6 Å². The average Bonchev–Trinajstić information content (AvgIpc) is 2.90. The highest BCUT2D eigenvalue weighted by Gasteiger charge is 2.15. The maximum atomic E-state index is 5.24. The molecular weight excluding hydrogens is 348 g/mol. The lowest BCUT2D eigenvalue weighted by Gasteiger charge is -2.08. The van der Waals surface area contributed by atoms with Crippen LogP contribution in [-0.4, -0.2) is 14.2 Å². The quantitative estimate of drug-likeness (QED) is 0.418. The fourth-order valence-corrected chi connectivity index (χ4v) is 3.18. The first-order valence-corrected chi connectivity index (χ1v) is 9.11. The van der Waals surface area contributed by atoms with Gasteiger partial charge in [0, 0.05) is 33.9 Å². The Kier molecular flexibility index (Phi) is 5.02. The van der Waals surface area contributed by atoms with E-state index < -0.39 is 0 Å². The Morgan fingerprint density at radius 1 is 0.536 bits per heavy atom. The molecule has 28 heavy (non-hydrogen) atoms. The molecule has 2 N–H and O–H groups in total. The summed E-state index contributed by atoms with van der Waals surface area (Å²) < 4.78 is 10.5. The van der Waals surface area contributed by atoms with E-state index in [4.69, 9.17) is 9.47 Å². The van der Waals surface area contributed by atoms with Gasteiger partial charge in [-0.25, -0.2) is 0 Å². The highest BCUT2D eigenvalue weighted by Crippen LogP contribution is 2.42. The Balaban J connectivity index is 1.66. The van der Waals surface area contributed by atoms with Gasteiger partial charge in [0.1, 0.15) is 11.5 Å². The second-order valence-electron chi connectivity index (χ2n) is 6.42. The molecular formula is C24H22N2O2. The number of benzene rings is 2. The van der Waals surface area contributed by atoms with Gasteiger partial charge in [0.2, 0.25) is 0 Å². The zero-order chi connectivity index (χ0) is 19.3. The number of ether oxygens (including phenoxy) is 2. The number of hydrogen-bond donors (Lipinski definition) is 2. The largest absolute Gasteiger partial charge is 0.497 e. The minimum absolute atomic E-state index is 0.839. The molecule has 4 heteroatoms. The van der Waals surface area contributed by atoms with E-state index in [-0.39, 0.29) is 0 Å². The van der Waals surface area contributed by atoms with Crippen LogP contribution in [0, 0.1) is 0 Å². The summed E-state index contributed by atoms with van der Waals surface area (Å²) in [4.78, 5) is 0. The molecule has 4 rings (SSSR count). The van der Waals surface area contributed by atoms with Gasteiger partial charge in [-0.2, -0.15) is 0 Å². The van der Waals surface area contributed by atoms with Crippen LogP contribution in [-0.2, 0) is 0 Å². The van der Waals surface area contributed by atoms with Crippen LogP contribution in [0.25, 0.3) is 11.1 Å². The molecule has 0 atom stereocenters. The molecule has 4 nitrogen and oxygen atoms in total. The van der Waals surface area contributed by atoms with Crippen LogP contribution in [0.1, 0.15) is 0 Å². The van der Waals surface area contributed by atoms with Crippen LogP contribution < -0.4 is 20.1 Å². The van der Waals surface area contributed by atoms with Crippen molar-refractivity contribution < 1.29 is 9.47 Å². The number of rotatable bonds is 6. The minimum Gasteiger partial charge on any atom is -0.497 e. The molecule has 0 fully saturated rings. The first-order chi connectivity index (χ1) is 13.8. The molecule has 0 unspecified atom stereocenters. The lowest BCUT2D eigenvalue weighted by molar-refractivity contribution is 0.415. The third-order valence-corrected chi connectivity index (χ3v) is 4.65. The molecule has 0 aromatic heterocycles. The normalized spacial score (nSPS) is 10.5. The van der Waals surface area contributed by atoms with E-state index in [2.05, 4.69) is 41.0 Å². The summed E-state index contributed by atoms with van der Waals surface area (Å²) in [5.74, 6) is 1.68. The first kappa shape index (κ1) is 17.7. The molecule has 2 aliphatic rings. The smallest absolute Gasteiger partial charge is 0.119 e. The summed E-state index contributed by atoms with van der Waals surface area (Å²) in [6.45, 7) is 0. The molecule has 0 saturated heterocycles. The van der Waals surface area contributed by atoms with Gasteiger partial charge >= 0.3 is 0 Å². The molecule has 2 aliphatic carbocycles. The molecule has 0 saturated carbocycles. The van der Waals surface area contributed by atoms with Gasteiger partial charge < -0.3 is 20.1 Å². The molecule has 140 valence electrons. The molecule has 0 bridgehead atoms. The standard InChI is InChI=1S/C24H22N2O2/c1-27-19-12-8-17(9-13-19)25-23-16-24(22-7-5-3-4-6-21(22)23)26-18-10-14-20(28-2)15-11-18/h3-16,25-26H,1-2H3. The fraction of sp³-hybridized carbons (Fsp3) is 0.0833. The van der Waals surface area contributed by atoms with Crippen molar-refractivity contribution in [2.75, 3.05) is 24.9 Å². The van der Waals surface area contributed by atoms with Crippen molar-refractivity contribution in [3.8, 4) is 22.6 Å². The van der Waals surface area contributed by atoms with E-state index in [1.165, 1.54) is 0 Å². The molecule has 2 aromatic carbocycles. The van der Waals surface area contributed by atoms with E-state index in [0.717, 1.165) is 45.4 Å². The zero-order valence-electron chi connectivity index (χ0n) is 15.9. The third kappa shape index (κ3) is 3.71. The van der Waals surface area contributed by atoms with Gasteiger partial charge in [-0.3, -0.25) is 0 Å². The summed E-state index contributed by atoms with van der Waals surface area (Å²) >= 11 is 0. The van der Waals surface area contributed by atoms with Gasteiger partial charge in [-0.15, -0.1) is 0 Å². The topological polar surface area (TPSA) is 42.5 Å². The van der Waals surface area contributed by atoms with Crippen LogP contribution in [0.4, 0.5) is 22.7 Å². The number of hydrogen-bond acceptors (Lipinski definition) is 4. The molecule has 0 spiro atoms. The van der Waals surface area contributed by atoms with Gasteiger partial charge in [0.05, 0.1) is 14.2 Å². The summed E-state index contributed by atoms with van der Waals surface area (Å²) in [6.07, 6.45) is 0. The van der Waals surface area contributed by atoms with Gasteiger partial charge in [0.25, 0.3) is 0 Å². The Hall–Kier alpha value is -3.66. The Morgan fingerprint density at radius 3 is 1.36 bits per heavy atom. The van der Waals surface area contributed by atoms with Crippen LogP contribution in [0.3, 0.4) is 0 Å². The minimum atomic E-state index is 0.839. The second-order valence-corrected chi connectivity index (χ2v) is 6.42. The van der Waals surface area contributed by atoms with Crippen molar-refractivity contribution in [2.45, 2.75) is 0 Å². The van der Waals surface area contributed by atoms with Crippen LogP contribution >= 0.6 is 0 Å². The molecule has 2 aromatic rings. The molecule has 0 amide bonds. The summed E-state index contributed by atoms with van der Waals surface area (Å²) in [6, 6.07) is 28.4. The number of methoxy groups -OCH3 is 2. The summed E-state index contributed by atoms with van der Waals surface area (Å²) in [5.41, 5.74) is 6.42. The van der Waals surface area contributed by atoms with E-state index in [1.54, 1.807) is 14.2 Å². The monoisotopic (exact) mass is 370 g/mol. The predicted octanol–water partition coefficient (Wildman–Crippen LogP) is 6.30. The van der Waals surface area contributed by atoms with E-state index in [9.17, 15) is 0 Å². The maximum Gasteiger partial charge on any atom is 0.119 e. The first-order valence-electron chi connectivity index (χ1n) is 9.11. The van der Waals surface area contributed by atoms with Crippen LogP contribution in [0.2, 0.25) is 0 Å². The lowest BCUT2D eigenvalue weighted by Crippen LogP contribution is -1.90. The van der Waals surface area contributed by atoms with Crippen molar-refractivity contribution in [3.63, 3.8) is 0 Å². The van der Waals surface area contributed by atoms with Crippen LogP contribution in [0.5, 0.6) is 11.5 Å². The Bertz CT molecular complexity index is 946. The maximum absolute atomic E-state index is 5.24. The molecule has 0 aliphatic heterocycles. The third-order valence-electron chi connectivity index (χ3n) is 4.65. The summed E-state index contributed by atoms with van der Waals surface area (Å²) in [5, 5.41) is 7.04. The van der Waals surface area contributed by atoms with Gasteiger partial charge in [-0.05, 0) is 54.6 Å². The highest BCUT2D eigenvalue weighted by molar-refractivity contribution is 5.95. The van der Waals surface area contributed by atoms with Crippen molar-refractivity contribution in [2.24, 2.45) is 0 Å². The fourth-order valence-electron chi connectivity index (χ4n) is 3.18. The summed E-state index contributed by atoms with van der Waals surface area (Å²) in [7, 11) is 3.34. The predicted molar refractivity (Wildman–Crippen MR) is 116 cm³/mol. The molecule has 0 radical (unpaired) electrons. The number of fused-ring (bicyclic) bond motifs is 1. The van der Waals surface area contributed by atoms with E-state index >= 15 is 0 Å². The van der Waals surface area contributed by atoms with Crippen molar-refractivity contribution >= 4 is 22.7 Å². The van der Waals surface area contributed by atoms with E-state index in [0.29, 0.717) is 0 Å². The number of nitrogens with one attached hydrogen (secondary N) is 2. The van der Waals surface area contributed by atoms with Crippen molar-refractivity contribution in [3.05, 3.63) is 84.9 Å². The van der Waals surface area contributed by atoms with Crippen LogP contribution in [0.15, 0.2) is 84.9 Å². The average molecular weight is 370 g/mol. The van der Waals surface area contributed by atoms with Gasteiger partial charge in [0.15, 0.2) is 0 Å².